The first-order valence-corrected chi connectivity index (χ1v) is 6.61. The summed E-state index contributed by atoms with van der Waals surface area (Å²) in [7, 11) is 7.21. The second-order valence-electron chi connectivity index (χ2n) is 5.50. The molecule has 0 aromatic heterocycles. The van der Waals surface area contributed by atoms with Crippen LogP contribution in [0.1, 0.15) is 18.4 Å². The number of benzene rings is 1. The van der Waals surface area contributed by atoms with Crippen LogP contribution in [0.15, 0.2) is 18.2 Å². The number of hydrogen-bond donors (Lipinski definition) is 1. The topological polar surface area (TPSA) is 41.9 Å². The van der Waals surface area contributed by atoms with Gasteiger partial charge in [-0.15, -0.1) is 0 Å². The van der Waals surface area contributed by atoms with Crippen LogP contribution < -0.4 is 9.47 Å². The minimum absolute atomic E-state index is 0.302. The summed E-state index contributed by atoms with van der Waals surface area (Å²) in [4.78, 5) is 2.01. The number of methoxy groups -OCH3 is 2. The Bertz CT molecular complexity index is 443. The average molecular weight is 265 g/mol. The Kier molecular flexibility index (Phi) is 4.02. The third-order valence-corrected chi connectivity index (χ3v) is 3.68. The van der Waals surface area contributed by atoms with Crippen molar-refractivity contribution in [2.45, 2.75) is 18.4 Å². The van der Waals surface area contributed by atoms with E-state index in [4.69, 9.17) is 9.47 Å². The fourth-order valence-corrected chi connectivity index (χ4v) is 2.63. The molecule has 0 aliphatic heterocycles. The Hall–Kier alpha value is -1.26. The molecule has 1 fully saturated rings. The fraction of sp³-hybridized carbons (Fsp3) is 0.600. The van der Waals surface area contributed by atoms with Crippen LogP contribution >= 0.6 is 0 Å². The van der Waals surface area contributed by atoms with Crippen molar-refractivity contribution in [3.8, 4) is 11.5 Å². The van der Waals surface area contributed by atoms with Gasteiger partial charge < -0.3 is 19.5 Å². The van der Waals surface area contributed by atoms with Crippen LogP contribution in [0.4, 0.5) is 0 Å². The average Bonchev–Trinajstić information content (AvgIpc) is 3.21. The van der Waals surface area contributed by atoms with E-state index in [1.807, 2.05) is 37.2 Å². The van der Waals surface area contributed by atoms with Crippen LogP contribution in [0.5, 0.6) is 11.5 Å². The van der Waals surface area contributed by atoms with Gasteiger partial charge in [0.15, 0.2) is 0 Å². The molecule has 0 spiro atoms. The maximum Gasteiger partial charge on any atom is 0.125 e. The summed E-state index contributed by atoms with van der Waals surface area (Å²) in [5.41, 5.74) is -0.0471. The highest BCUT2D eigenvalue weighted by atomic mass is 16.5. The number of nitrogens with zero attached hydrogens (tertiary/aromatic N) is 1. The maximum atomic E-state index is 11.1. The third-order valence-electron chi connectivity index (χ3n) is 3.68. The van der Waals surface area contributed by atoms with Gasteiger partial charge in [0, 0.05) is 12.1 Å². The van der Waals surface area contributed by atoms with Crippen molar-refractivity contribution in [1.82, 2.24) is 4.90 Å². The monoisotopic (exact) mass is 265 g/mol. The molecule has 1 unspecified atom stereocenters. The molecule has 4 heteroatoms. The Morgan fingerprint density at radius 2 is 1.95 bits per heavy atom. The second-order valence-corrected chi connectivity index (χ2v) is 5.50. The molecule has 2 rings (SSSR count). The molecular weight excluding hydrogens is 242 g/mol. The van der Waals surface area contributed by atoms with Crippen molar-refractivity contribution in [2.24, 2.45) is 5.92 Å². The van der Waals surface area contributed by atoms with E-state index in [-0.39, 0.29) is 0 Å². The molecule has 1 aromatic carbocycles. The Morgan fingerprint density at radius 1 is 1.26 bits per heavy atom. The SMILES string of the molecule is COc1ccc(OC)c(C(O)(CN(C)C)C2CC2)c1. The van der Waals surface area contributed by atoms with Crippen molar-refractivity contribution >= 4 is 0 Å². The van der Waals surface area contributed by atoms with E-state index in [0.29, 0.717) is 12.5 Å². The molecular formula is C15H23NO3. The highest BCUT2D eigenvalue weighted by Crippen LogP contribution is 2.49. The summed E-state index contributed by atoms with van der Waals surface area (Å²) in [5.74, 6) is 1.77. The van der Waals surface area contributed by atoms with Gasteiger partial charge in [0.2, 0.25) is 0 Å². The number of likely N-dealkylation sites (N-methyl/N-ethyl adjacent to an activating group) is 1. The van der Waals surface area contributed by atoms with Crippen molar-refractivity contribution < 1.29 is 14.6 Å². The smallest absolute Gasteiger partial charge is 0.125 e. The minimum atomic E-state index is -0.872. The summed E-state index contributed by atoms with van der Waals surface area (Å²) in [6.45, 7) is 0.585. The lowest BCUT2D eigenvalue weighted by Crippen LogP contribution is -2.40. The molecule has 0 saturated heterocycles. The minimum Gasteiger partial charge on any atom is -0.497 e. The summed E-state index contributed by atoms with van der Waals surface area (Å²) < 4.78 is 10.7. The van der Waals surface area contributed by atoms with Crippen LogP contribution in [0.2, 0.25) is 0 Å². The predicted molar refractivity (Wildman–Crippen MR) is 74.7 cm³/mol. The lowest BCUT2D eigenvalue weighted by molar-refractivity contribution is -0.0119. The first kappa shape index (κ1) is 14.2. The van der Waals surface area contributed by atoms with Crippen molar-refractivity contribution in [3.05, 3.63) is 23.8 Å². The van der Waals surface area contributed by atoms with Crippen molar-refractivity contribution in [3.63, 3.8) is 0 Å². The lowest BCUT2D eigenvalue weighted by Gasteiger charge is -2.33. The molecule has 0 radical (unpaired) electrons. The number of ether oxygens (including phenoxy) is 2. The molecule has 1 atom stereocenters. The predicted octanol–water partition coefficient (Wildman–Crippen LogP) is 1.86. The maximum absolute atomic E-state index is 11.1. The molecule has 1 saturated carbocycles. The van der Waals surface area contributed by atoms with E-state index in [1.54, 1.807) is 14.2 Å². The van der Waals surface area contributed by atoms with E-state index in [1.165, 1.54) is 0 Å². The van der Waals surface area contributed by atoms with E-state index in [9.17, 15) is 5.11 Å². The molecule has 1 aliphatic carbocycles. The largest absolute Gasteiger partial charge is 0.497 e. The lowest BCUT2D eigenvalue weighted by atomic mass is 9.87. The van der Waals surface area contributed by atoms with Gasteiger partial charge in [0.05, 0.1) is 14.2 Å². The highest BCUT2D eigenvalue weighted by Gasteiger charge is 2.47. The summed E-state index contributed by atoms with van der Waals surface area (Å²) in [6.07, 6.45) is 2.12. The number of hydrogen-bond acceptors (Lipinski definition) is 4. The molecule has 4 nitrogen and oxygen atoms in total. The van der Waals surface area contributed by atoms with Gasteiger partial charge in [0.1, 0.15) is 17.1 Å². The summed E-state index contributed by atoms with van der Waals surface area (Å²) in [5, 5.41) is 11.1. The van der Waals surface area contributed by atoms with E-state index in [2.05, 4.69) is 0 Å². The van der Waals surface area contributed by atoms with Crippen LogP contribution in [0.25, 0.3) is 0 Å². The molecule has 0 heterocycles. The van der Waals surface area contributed by atoms with Gasteiger partial charge in [-0.25, -0.2) is 0 Å². The highest BCUT2D eigenvalue weighted by molar-refractivity contribution is 5.45. The van der Waals surface area contributed by atoms with Gasteiger partial charge in [-0.2, -0.15) is 0 Å². The zero-order chi connectivity index (χ0) is 14.0. The van der Waals surface area contributed by atoms with Crippen molar-refractivity contribution in [1.29, 1.82) is 0 Å². The van der Waals surface area contributed by atoms with E-state index < -0.39 is 5.60 Å². The van der Waals surface area contributed by atoms with Gasteiger partial charge in [-0.05, 0) is 51.1 Å². The van der Waals surface area contributed by atoms with Crippen LogP contribution in [-0.4, -0.2) is 44.9 Å². The normalized spacial score (nSPS) is 18.2. The van der Waals surface area contributed by atoms with E-state index in [0.717, 1.165) is 29.9 Å². The standard InChI is InChI=1S/C15H23NO3/c1-16(2)10-15(17,11-5-6-11)13-9-12(18-3)7-8-14(13)19-4/h7-9,11,17H,5-6,10H2,1-4H3. The Balaban J connectivity index is 2.45. The van der Waals surface area contributed by atoms with Gasteiger partial charge in [-0.3, -0.25) is 0 Å². The number of rotatable bonds is 6. The molecule has 1 aromatic rings. The van der Waals surface area contributed by atoms with Crippen LogP contribution in [-0.2, 0) is 5.60 Å². The second kappa shape index (κ2) is 5.39. The molecule has 1 N–H and O–H groups in total. The quantitative estimate of drug-likeness (QED) is 0.852. The van der Waals surface area contributed by atoms with Gasteiger partial charge in [0.25, 0.3) is 0 Å². The van der Waals surface area contributed by atoms with Crippen LogP contribution in [0, 0.1) is 5.92 Å². The zero-order valence-corrected chi connectivity index (χ0v) is 12.1. The van der Waals surface area contributed by atoms with E-state index >= 15 is 0 Å². The molecule has 0 bridgehead atoms. The summed E-state index contributed by atoms with van der Waals surface area (Å²) >= 11 is 0. The van der Waals surface area contributed by atoms with Crippen molar-refractivity contribution in [2.75, 3.05) is 34.9 Å². The Labute approximate surface area is 114 Å². The van der Waals surface area contributed by atoms with Gasteiger partial charge in [-0.1, -0.05) is 0 Å². The molecule has 1 aliphatic rings. The Morgan fingerprint density at radius 3 is 2.42 bits per heavy atom. The van der Waals surface area contributed by atoms with Crippen LogP contribution in [0.3, 0.4) is 0 Å². The summed E-state index contributed by atoms with van der Waals surface area (Å²) in [6, 6.07) is 5.60. The third kappa shape index (κ3) is 2.85. The van der Waals surface area contributed by atoms with Gasteiger partial charge >= 0.3 is 0 Å². The first-order chi connectivity index (χ1) is 9.01. The molecule has 106 valence electrons. The molecule has 19 heavy (non-hydrogen) atoms. The fourth-order valence-electron chi connectivity index (χ4n) is 2.63. The zero-order valence-electron chi connectivity index (χ0n) is 12.1. The molecule has 0 amide bonds. The number of aliphatic hydroxyl groups is 1. The first-order valence-electron chi connectivity index (χ1n) is 6.61.